The summed E-state index contributed by atoms with van der Waals surface area (Å²) in [5, 5.41) is 9.22. The lowest BCUT2D eigenvalue weighted by molar-refractivity contribution is 0.0696. The number of carbonyl (C=O) groups is 1. The Kier molecular flexibility index (Phi) is 8.66. The SMILES string of the molecule is CCC[C@H]1CC[C@H](C2CC=C(c3ccc4c(c3)CN([S+]([O-])Nc3ccc(C(=O)O)cc3OC)C4)CC2)CC1. The predicted molar refractivity (Wildman–Crippen MR) is 153 cm³/mol. The van der Waals surface area contributed by atoms with Gasteiger partial charge in [-0.15, -0.1) is 0 Å². The number of anilines is 1. The van der Waals surface area contributed by atoms with Crippen molar-refractivity contribution in [3.63, 3.8) is 0 Å². The van der Waals surface area contributed by atoms with Gasteiger partial charge in [-0.05, 0) is 96.4 Å². The van der Waals surface area contributed by atoms with Gasteiger partial charge in [-0.2, -0.15) is 4.72 Å². The summed E-state index contributed by atoms with van der Waals surface area (Å²) in [6.07, 6.45) is 14.6. The van der Waals surface area contributed by atoms with Crippen LogP contribution < -0.4 is 9.46 Å². The summed E-state index contributed by atoms with van der Waals surface area (Å²) in [4.78, 5) is 11.3. The molecular weight excluding hydrogens is 496 g/mol. The molecular formula is C31H40N2O4S. The monoisotopic (exact) mass is 536 g/mol. The lowest BCUT2D eigenvalue weighted by atomic mass is 9.70. The molecule has 204 valence electrons. The zero-order chi connectivity index (χ0) is 26.6. The number of fused-ring (bicyclic) bond motifs is 1. The van der Waals surface area contributed by atoms with Crippen molar-refractivity contribution >= 4 is 28.8 Å². The molecule has 1 fully saturated rings. The van der Waals surface area contributed by atoms with Crippen molar-refractivity contribution < 1.29 is 19.2 Å². The minimum atomic E-state index is -1.48. The first-order valence-electron chi connectivity index (χ1n) is 14.1. The number of allylic oxidation sites excluding steroid dienone is 2. The molecule has 2 aromatic rings. The van der Waals surface area contributed by atoms with Crippen LogP contribution in [0.15, 0.2) is 42.5 Å². The van der Waals surface area contributed by atoms with Crippen LogP contribution in [-0.2, 0) is 24.6 Å². The molecule has 5 rings (SSSR count). The number of hydrogen-bond acceptors (Lipinski definition) is 5. The van der Waals surface area contributed by atoms with E-state index in [1.165, 1.54) is 92.9 Å². The van der Waals surface area contributed by atoms with E-state index in [4.69, 9.17) is 4.74 Å². The summed E-state index contributed by atoms with van der Waals surface area (Å²) in [6, 6.07) is 11.2. The van der Waals surface area contributed by atoms with Gasteiger partial charge in [0.05, 0.1) is 25.8 Å². The van der Waals surface area contributed by atoms with Crippen LogP contribution in [0.3, 0.4) is 0 Å². The summed E-state index contributed by atoms with van der Waals surface area (Å²) >= 11 is -1.48. The normalized spacial score (nSPS) is 24.4. The van der Waals surface area contributed by atoms with E-state index >= 15 is 0 Å². The van der Waals surface area contributed by atoms with Crippen molar-refractivity contribution in [3.8, 4) is 5.75 Å². The summed E-state index contributed by atoms with van der Waals surface area (Å²) in [5.74, 6) is 2.06. The van der Waals surface area contributed by atoms with E-state index in [2.05, 4.69) is 35.9 Å². The fourth-order valence-electron chi connectivity index (χ4n) is 6.65. The Morgan fingerprint density at radius 3 is 2.55 bits per heavy atom. The van der Waals surface area contributed by atoms with Crippen LogP contribution in [0.25, 0.3) is 5.57 Å². The lowest BCUT2D eigenvalue weighted by Gasteiger charge is -2.35. The molecule has 2 aromatic carbocycles. The van der Waals surface area contributed by atoms with Crippen molar-refractivity contribution in [1.29, 1.82) is 0 Å². The van der Waals surface area contributed by atoms with Gasteiger partial charge >= 0.3 is 5.97 Å². The summed E-state index contributed by atoms with van der Waals surface area (Å²) in [7, 11) is 1.47. The van der Waals surface area contributed by atoms with E-state index < -0.39 is 17.5 Å². The number of aromatic carboxylic acids is 1. The Balaban J connectivity index is 1.18. The number of rotatable bonds is 9. The Bertz CT molecular complexity index is 1170. The van der Waals surface area contributed by atoms with Crippen molar-refractivity contribution in [2.45, 2.75) is 77.8 Å². The average molecular weight is 537 g/mol. The van der Waals surface area contributed by atoms with E-state index in [1.807, 2.05) is 4.31 Å². The molecule has 1 saturated carbocycles. The fourth-order valence-corrected chi connectivity index (χ4v) is 7.65. The van der Waals surface area contributed by atoms with Gasteiger partial charge in [0.1, 0.15) is 11.4 Å². The molecule has 1 heterocycles. The quantitative estimate of drug-likeness (QED) is 0.330. The maximum Gasteiger partial charge on any atom is 0.335 e. The second-order valence-corrected chi connectivity index (χ2v) is 12.4. The third-order valence-electron chi connectivity index (χ3n) is 8.86. The minimum absolute atomic E-state index is 0.127. The fraction of sp³-hybridized carbons (Fsp3) is 0.516. The van der Waals surface area contributed by atoms with E-state index in [0.29, 0.717) is 24.5 Å². The highest BCUT2D eigenvalue weighted by molar-refractivity contribution is 7.90. The van der Waals surface area contributed by atoms with Gasteiger partial charge in [0.25, 0.3) is 0 Å². The molecule has 1 aliphatic heterocycles. The molecule has 38 heavy (non-hydrogen) atoms. The third kappa shape index (κ3) is 6.05. The molecule has 2 unspecified atom stereocenters. The molecule has 0 spiro atoms. The Hall–Kier alpha value is -2.48. The van der Waals surface area contributed by atoms with Crippen LogP contribution in [0.4, 0.5) is 5.69 Å². The molecule has 2 aliphatic carbocycles. The molecule has 6 nitrogen and oxygen atoms in total. The molecule has 0 amide bonds. The highest BCUT2D eigenvalue weighted by Crippen LogP contribution is 2.42. The maximum absolute atomic E-state index is 13.1. The van der Waals surface area contributed by atoms with Crippen LogP contribution in [-0.4, -0.2) is 27.0 Å². The number of carboxylic acid groups (broad SMARTS) is 1. The maximum atomic E-state index is 13.1. The van der Waals surface area contributed by atoms with Crippen LogP contribution in [0.5, 0.6) is 5.75 Å². The van der Waals surface area contributed by atoms with Crippen LogP contribution >= 0.6 is 0 Å². The zero-order valence-electron chi connectivity index (χ0n) is 22.6. The Morgan fingerprint density at radius 1 is 1.08 bits per heavy atom. The highest BCUT2D eigenvalue weighted by atomic mass is 32.2. The van der Waals surface area contributed by atoms with Crippen molar-refractivity contribution in [2.24, 2.45) is 17.8 Å². The van der Waals surface area contributed by atoms with E-state index in [1.54, 1.807) is 6.07 Å². The average Bonchev–Trinajstić information content (AvgIpc) is 3.38. The molecule has 2 atom stereocenters. The highest BCUT2D eigenvalue weighted by Gasteiger charge is 2.31. The summed E-state index contributed by atoms with van der Waals surface area (Å²) < 4.78 is 23.3. The van der Waals surface area contributed by atoms with Crippen molar-refractivity contribution in [2.75, 3.05) is 11.8 Å². The Labute approximate surface area is 229 Å². The second kappa shape index (κ2) is 12.1. The van der Waals surface area contributed by atoms with Crippen molar-refractivity contribution in [3.05, 3.63) is 64.7 Å². The third-order valence-corrected chi connectivity index (χ3v) is 9.98. The molecule has 0 saturated heterocycles. The molecule has 0 radical (unpaired) electrons. The minimum Gasteiger partial charge on any atom is -0.573 e. The number of benzene rings is 2. The largest absolute Gasteiger partial charge is 0.573 e. The number of ether oxygens (including phenoxy) is 1. The zero-order valence-corrected chi connectivity index (χ0v) is 23.4. The second-order valence-electron chi connectivity index (χ2n) is 11.2. The van der Waals surface area contributed by atoms with Crippen LogP contribution in [0.1, 0.15) is 91.8 Å². The molecule has 0 bridgehead atoms. The van der Waals surface area contributed by atoms with Gasteiger partial charge in [0, 0.05) is 0 Å². The number of hydrogen-bond donors (Lipinski definition) is 2. The van der Waals surface area contributed by atoms with E-state index in [-0.39, 0.29) is 5.56 Å². The van der Waals surface area contributed by atoms with E-state index in [9.17, 15) is 14.5 Å². The van der Waals surface area contributed by atoms with Crippen LogP contribution in [0, 0.1) is 17.8 Å². The molecule has 7 heteroatoms. The Morgan fingerprint density at radius 2 is 1.87 bits per heavy atom. The molecule has 0 aromatic heterocycles. The van der Waals surface area contributed by atoms with Crippen LogP contribution in [0.2, 0.25) is 0 Å². The first-order valence-corrected chi connectivity index (χ1v) is 15.2. The first-order chi connectivity index (χ1) is 18.4. The topological polar surface area (TPSA) is 84.9 Å². The predicted octanol–water partition coefficient (Wildman–Crippen LogP) is 7.19. The summed E-state index contributed by atoms with van der Waals surface area (Å²) in [6.45, 7) is 3.52. The van der Waals surface area contributed by atoms with Gasteiger partial charge in [-0.3, -0.25) is 0 Å². The van der Waals surface area contributed by atoms with E-state index in [0.717, 1.165) is 24.2 Å². The lowest BCUT2D eigenvalue weighted by Crippen LogP contribution is -2.31. The molecule has 2 N–H and O–H groups in total. The number of nitrogens with zero attached hydrogens (tertiary/aromatic N) is 1. The number of methoxy groups -OCH3 is 1. The number of nitrogens with one attached hydrogen (secondary N) is 1. The van der Waals surface area contributed by atoms with Gasteiger partial charge in [0.2, 0.25) is 0 Å². The summed E-state index contributed by atoms with van der Waals surface area (Å²) in [5.41, 5.74) is 5.83. The molecule has 3 aliphatic rings. The first kappa shape index (κ1) is 27.1. The van der Waals surface area contributed by atoms with Gasteiger partial charge in [-0.25, -0.2) is 4.79 Å². The van der Waals surface area contributed by atoms with Crippen molar-refractivity contribution in [1.82, 2.24) is 4.31 Å². The smallest absolute Gasteiger partial charge is 0.335 e. The number of carboxylic acids is 1. The van der Waals surface area contributed by atoms with Gasteiger partial charge < -0.3 is 14.4 Å². The standard InChI is InChI=1S/C31H40N2O4S/c1-3-4-21-5-7-22(8-6-21)23-9-11-24(12-10-23)25-13-14-27-19-33(20-28(27)17-25)38(36)32-29-16-15-26(31(34)35)18-30(29)37-2/h11,13-18,21-23,32H,3-10,12,19-20H2,1-2H3,(H,34,35)/t21-,22-,23?,38?. The van der Waals surface area contributed by atoms with Gasteiger partial charge in [0.15, 0.2) is 11.5 Å². The van der Waals surface area contributed by atoms with Gasteiger partial charge in [-0.1, -0.05) is 55.1 Å².